The number of benzene rings is 2. The number of nitrogens with zero attached hydrogens (tertiary/aromatic N) is 1. The van der Waals surface area contributed by atoms with E-state index >= 15 is 0 Å². The van der Waals surface area contributed by atoms with E-state index in [1.807, 2.05) is 12.1 Å². The monoisotopic (exact) mass is 511 g/mol. The second-order valence-electron chi connectivity index (χ2n) is 9.67. The zero-order chi connectivity index (χ0) is 26.9. The maximum Gasteiger partial charge on any atom is 0.217 e. The molecule has 0 bridgehead atoms. The van der Waals surface area contributed by atoms with Crippen LogP contribution in [-0.2, 0) is 24.2 Å². The van der Waals surface area contributed by atoms with Gasteiger partial charge in [0.15, 0.2) is 0 Å². The van der Waals surface area contributed by atoms with Crippen LogP contribution in [0.15, 0.2) is 54.7 Å². The van der Waals surface area contributed by atoms with Crippen LogP contribution in [0.25, 0.3) is 11.1 Å². The van der Waals surface area contributed by atoms with Gasteiger partial charge in [-0.2, -0.15) is 0 Å². The third-order valence-electron chi connectivity index (χ3n) is 5.97. The smallest absolute Gasteiger partial charge is 0.217 e. The molecule has 0 aliphatic rings. The summed E-state index contributed by atoms with van der Waals surface area (Å²) in [5.41, 5.74) is 4.56. The van der Waals surface area contributed by atoms with E-state index in [-0.39, 0.29) is 18.9 Å². The van der Waals surface area contributed by atoms with Crippen LogP contribution < -0.4 is 15.4 Å². The lowest BCUT2D eigenvalue weighted by atomic mass is 9.94. The standard InChI is InChI=1S/C29H35F2N3O3/c1-18(2)9-20-5-7-26(22-6-8-29(37-4)33-16-22)23(10-20)15-32-17-28(36)27(34-19(3)35)13-21-11-24(30)14-25(31)12-21/h5-8,10-12,14,16,18,27-28,32,36H,9,13,15,17H2,1-4H3,(H,34,35)/t27-,28+/m0/s1. The molecule has 3 rings (SSSR count). The molecule has 0 aliphatic carbocycles. The molecular formula is C29H35F2N3O3. The van der Waals surface area contributed by atoms with Crippen molar-refractivity contribution < 1.29 is 23.4 Å². The van der Waals surface area contributed by atoms with Crippen molar-refractivity contribution in [3.63, 3.8) is 0 Å². The zero-order valence-electron chi connectivity index (χ0n) is 21.7. The second-order valence-corrected chi connectivity index (χ2v) is 9.67. The number of halogens is 2. The number of pyridine rings is 1. The van der Waals surface area contributed by atoms with Crippen molar-refractivity contribution >= 4 is 5.91 Å². The van der Waals surface area contributed by atoms with Crippen molar-refractivity contribution in [2.24, 2.45) is 5.92 Å². The number of rotatable bonds is 12. The number of carbonyl (C=O) groups excluding carboxylic acids is 1. The Morgan fingerprint density at radius 3 is 2.35 bits per heavy atom. The van der Waals surface area contributed by atoms with Crippen molar-refractivity contribution in [2.75, 3.05) is 13.7 Å². The van der Waals surface area contributed by atoms with Gasteiger partial charge >= 0.3 is 0 Å². The number of aliphatic hydroxyl groups is 1. The topological polar surface area (TPSA) is 83.5 Å². The Morgan fingerprint density at radius 2 is 1.76 bits per heavy atom. The third kappa shape index (κ3) is 8.61. The molecule has 0 saturated heterocycles. The quantitative estimate of drug-likeness (QED) is 0.335. The van der Waals surface area contributed by atoms with E-state index in [1.165, 1.54) is 24.6 Å². The largest absolute Gasteiger partial charge is 0.481 e. The normalized spacial score (nSPS) is 12.9. The van der Waals surface area contributed by atoms with Crippen LogP contribution in [0.5, 0.6) is 5.88 Å². The number of aromatic nitrogens is 1. The Labute approximate surface area is 217 Å². The number of nitrogens with one attached hydrogen (secondary N) is 2. The highest BCUT2D eigenvalue weighted by Gasteiger charge is 2.21. The molecule has 37 heavy (non-hydrogen) atoms. The van der Waals surface area contributed by atoms with E-state index < -0.39 is 23.8 Å². The molecule has 1 amide bonds. The molecule has 0 spiro atoms. The predicted molar refractivity (Wildman–Crippen MR) is 140 cm³/mol. The first-order chi connectivity index (χ1) is 17.6. The van der Waals surface area contributed by atoms with Gasteiger partial charge in [0.1, 0.15) is 11.6 Å². The van der Waals surface area contributed by atoms with E-state index in [0.29, 0.717) is 23.9 Å². The van der Waals surface area contributed by atoms with Crippen LogP contribution in [0.4, 0.5) is 8.78 Å². The van der Waals surface area contributed by atoms with E-state index in [1.54, 1.807) is 13.3 Å². The Balaban J connectivity index is 1.75. The van der Waals surface area contributed by atoms with Gasteiger partial charge in [-0.25, -0.2) is 13.8 Å². The van der Waals surface area contributed by atoms with Crippen molar-refractivity contribution in [2.45, 2.75) is 52.3 Å². The van der Waals surface area contributed by atoms with Crippen molar-refractivity contribution in [3.05, 3.63) is 83.1 Å². The number of ether oxygens (including phenoxy) is 1. The van der Waals surface area contributed by atoms with E-state index in [2.05, 4.69) is 47.7 Å². The summed E-state index contributed by atoms with van der Waals surface area (Å²) in [7, 11) is 1.57. The van der Waals surface area contributed by atoms with Gasteiger partial charge in [0.05, 0.1) is 19.3 Å². The lowest BCUT2D eigenvalue weighted by molar-refractivity contribution is -0.120. The number of amides is 1. The minimum absolute atomic E-state index is 0.0871. The van der Waals surface area contributed by atoms with Gasteiger partial charge in [-0.1, -0.05) is 32.0 Å². The van der Waals surface area contributed by atoms with Gasteiger partial charge in [-0.15, -0.1) is 0 Å². The highest BCUT2D eigenvalue weighted by Crippen LogP contribution is 2.26. The predicted octanol–water partition coefficient (Wildman–Crippen LogP) is 4.43. The number of hydrogen-bond donors (Lipinski definition) is 3. The summed E-state index contributed by atoms with van der Waals surface area (Å²) in [5.74, 6) is -0.707. The molecule has 8 heteroatoms. The van der Waals surface area contributed by atoms with Crippen molar-refractivity contribution in [1.82, 2.24) is 15.6 Å². The average Bonchev–Trinajstić information content (AvgIpc) is 2.82. The first-order valence-electron chi connectivity index (χ1n) is 12.4. The molecule has 1 heterocycles. The van der Waals surface area contributed by atoms with Gasteiger partial charge in [0.25, 0.3) is 0 Å². The molecule has 0 radical (unpaired) electrons. The highest BCUT2D eigenvalue weighted by molar-refractivity contribution is 5.73. The number of methoxy groups -OCH3 is 1. The lowest BCUT2D eigenvalue weighted by Crippen LogP contribution is -2.48. The lowest BCUT2D eigenvalue weighted by Gasteiger charge is -2.24. The van der Waals surface area contributed by atoms with E-state index in [9.17, 15) is 18.7 Å². The highest BCUT2D eigenvalue weighted by atomic mass is 19.1. The fourth-order valence-electron chi connectivity index (χ4n) is 4.36. The average molecular weight is 512 g/mol. The Kier molecular flexibility index (Phi) is 10.1. The SMILES string of the molecule is COc1ccc(-c2ccc(CC(C)C)cc2CNC[C@@H](O)[C@H](Cc2cc(F)cc(F)c2)NC(C)=O)cn1. The van der Waals surface area contributed by atoms with Crippen LogP contribution in [0.2, 0.25) is 0 Å². The molecule has 3 aromatic rings. The molecule has 198 valence electrons. The molecular weight excluding hydrogens is 476 g/mol. The van der Waals surface area contributed by atoms with Gasteiger partial charge in [-0.3, -0.25) is 4.79 Å². The summed E-state index contributed by atoms with van der Waals surface area (Å²) >= 11 is 0. The summed E-state index contributed by atoms with van der Waals surface area (Å²) in [6, 6.07) is 12.6. The van der Waals surface area contributed by atoms with Crippen molar-refractivity contribution in [1.29, 1.82) is 0 Å². The number of carbonyl (C=O) groups is 1. The van der Waals surface area contributed by atoms with Gasteiger partial charge in [0.2, 0.25) is 11.8 Å². The molecule has 0 aliphatic heterocycles. The summed E-state index contributed by atoms with van der Waals surface area (Å²) in [6.07, 6.45) is 1.80. The fraction of sp³-hybridized carbons (Fsp3) is 0.379. The molecule has 2 atom stereocenters. The van der Waals surface area contributed by atoms with Crippen LogP contribution in [0.3, 0.4) is 0 Å². The minimum atomic E-state index is -0.986. The molecule has 0 unspecified atom stereocenters. The zero-order valence-corrected chi connectivity index (χ0v) is 21.7. The van der Waals surface area contributed by atoms with E-state index in [4.69, 9.17) is 4.74 Å². The Bertz CT molecular complexity index is 1170. The second kappa shape index (κ2) is 13.3. The summed E-state index contributed by atoms with van der Waals surface area (Å²) in [5, 5.41) is 16.8. The Morgan fingerprint density at radius 1 is 1.03 bits per heavy atom. The number of aliphatic hydroxyl groups excluding tert-OH is 1. The van der Waals surface area contributed by atoms with Gasteiger partial charge < -0.3 is 20.5 Å². The number of hydrogen-bond acceptors (Lipinski definition) is 5. The Hall–Kier alpha value is -3.36. The van der Waals surface area contributed by atoms with Crippen molar-refractivity contribution in [3.8, 4) is 17.0 Å². The maximum atomic E-state index is 13.7. The molecule has 3 N–H and O–H groups in total. The van der Waals surface area contributed by atoms with Crippen LogP contribution in [0, 0.1) is 17.6 Å². The van der Waals surface area contributed by atoms with E-state index in [0.717, 1.165) is 29.2 Å². The van der Waals surface area contributed by atoms with Crippen LogP contribution in [-0.4, -0.2) is 41.8 Å². The fourth-order valence-corrected chi connectivity index (χ4v) is 4.36. The van der Waals surface area contributed by atoms with Gasteiger partial charge in [0, 0.05) is 43.9 Å². The first kappa shape index (κ1) is 28.2. The minimum Gasteiger partial charge on any atom is -0.481 e. The van der Waals surface area contributed by atoms with Crippen LogP contribution >= 0.6 is 0 Å². The van der Waals surface area contributed by atoms with Crippen LogP contribution in [0.1, 0.15) is 37.5 Å². The molecule has 1 aromatic heterocycles. The van der Waals surface area contributed by atoms with Gasteiger partial charge in [-0.05, 0) is 59.2 Å². The third-order valence-corrected chi connectivity index (χ3v) is 5.97. The first-order valence-corrected chi connectivity index (χ1v) is 12.4. The maximum absolute atomic E-state index is 13.7. The molecule has 2 aromatic carbocycles. The summed E-state index contributed by atoms with van der Waals surface area (Å²) in [4.78, 5) is 16.1. The summed E-state index contributed by atoms with van der Waals surface area (Å²) < 4.78 is 32.5. The molecule has 0 fully saturated rings. The molecule has 0 saturated carbocycles. The molecule has 6 nitrogen and oxygen atoms in total. The summed E-state index contributed by atoms with van der Waals surface area (Å²) in [6.45, 7) is 6.31.